The predicted molar refractivity (Wildman–Crippen MR) is 62.9 cm³/mol. The van der Waals surface area contributed by atoms with Gasteiger partial charge >= 0.3 is 0 Å². The molecule has 1 aliphatic heterocycles. The maximum absolute atomic E-state index is 14.0. The SMILES string of the molecule is CC(=O)C1=CN[C@H](O)[C@@H]2CCC(C)(F)CCC12. The van der Waals surface area contributed by atoms with Gasteiger partial charge in [-0.2, -0.15) is 0 Å². The monoisotopic (exact) mass is 241 g/mol. The highest BCUT2D eigenvalue weighted by Gasteiger charge is 2.41. The van der Waals surface area contributed by atoms with E-state index in [9.17, 15) is 14.3 Å². The quantitative estimate of drug-likeness (QED) is 0.737. The van der Waals surface area contributed by atoms with Crippen molar-refractivity contribution in [3.8, 4) is 0 Å². The smallest absolute Gasteiger partial charge is 0.157 e. The van der Waals surface area contributed by atoms with E-state index in [0.29, 0.717) is 31.3 Å². The first kappa shape index (κ1) is 12.6. The molecule has 3 nitrogen and oxygen atoms in total. The van der Waals surface area contributed by atoms with Gasteiger partial charge in [0, 0.05) is 17.7 Å². The summed E-state index contributed by atoms with van der Waals surface area (Å²) >= 11 is 0. The topological polar surface area (TPSA) is 49.3 Å². The van der Waals surface area contributed by atoms with Crippen molar-refractivity contribution in [3.63, 3.8) is 0 Å². The number of halogens is 1. The molecule has 1 heterocycles. The van der Waals surface area contributed by atoms with E-state index in [1.54, 1.807) is 13.1 Å². The van der Waals surface area contributed by atoms with Gasteiger partial charge in [-0.3, -0.25) is 4.79 Å². The molecule has 0 saturated heterocycles. The molecular formula is C13H20FNO2. The first-order valence-electron chi connectivity index (χ1n) is 6.25. The molecule has 0 radical (unpaired) electrons. The number of carbonyl (C=O) groups is 1. The van der Waals surface area contributed by atoms with Gasteiger partial charge in [0.25, 0.3) is 0 Å². The highest BCUT2D eigenvalue weighted by molar-refractivity contribution is 5.93. The van der Waals surface area contributed by atoms with Crippen LogP contribution in [0.5, 0.6) is 0 Å². The highest BCUT2D eigenvalue weighted by Crippen LogP contribution is 2.42. The fourth-order valence-electron chi connectivity index (χ4n) is 3.00. The number of fused-ring (bicyclic) bond motifs is 1. The Balaban J connectivity index is 2.25. The van der Waals surface area contributed by atoms with Gasteiger partial charge in [0.15, 0.2) is 5.78 Å². The second-order valence-corrected chi connectivity index (χ2v) is 5.53. The van der Waals surface area contributed by atoms with Crippen LogP contribution in [-0.2, 0) is 4.79 Å². The Labute approximate surface area is 101 Å². The summed E-state index contributed by atoms with van der Waals surface area (Å²) in [5, 5.41) is 12.7. The zero-order valence-corrected chi connectivity index (χ0v) is 10.4. The lowest BCUT2D eigenvalue weighted by atomic mass is 9.78. The van der Waals surface area contributed by atoms with Crippen LogP contribution in [-0.4, -0.2) is 22.8 Å². The van der Waals surface area contributed by atoms with E-state index in [1.807, 2.05) is 0 Å². The van der Waals surface area contributed by atoms with E-state index >= 15 is 0 Å². The van der Waals surface area contributed by atoms with E-state index in [1.165, 1.54) is 6.92 Å². The number of allylic oxidation sites excluding steroid dienone is 1. The van der Waals surface area contributed by atoms with Crippen molar-refractivity contribution in [2.24, 2.45) is 11.8 Å². The largest absolute Gasteiger partial charge is 0.374 e. The number of Topliss-reactive ketones (excluding diaryl/α,β-unsaturated/α-hetero) is 1. The molecule has 1 aliphatic carbocycles. The summed E-state index contributed by atoms with van der Waals surface area (Å²) in [4.78, 5) is 11.6. The first-order valence-corrected chi connectivity index (χ1v) is 6.25. The normalized spacial score (nSPS) is 41.9. The summed E-state index contributed by atoms with van der Waals surface area (Å²) < 4.78 is 14.0. The lowest BCUT2D eigenvalue weighted by Crippen LogP contribution is -2.42. The average molecular weight is 241 g/mol. The number of carbonyl (C=O) groups excluding carboxylic acids is 1. The van der Waals surface area contributed by atoms with Crippen LogP contribution in [0.3, 0.4) is 0 Å². The Kier molecular flexibility index (Phi) is 3.25. The van der Waals surface area contributed by atoms with Crippen LogP contribution in [0.4, 0.5) is 4.39 Å². The van der Waals surface area contributed by atoms with Crippen LogP contribution >= 0.6 is 0 Å². The number of nitrogens with one attached hydrogen (secondary N) is 1. The lowest BCUT2D eigenvalue weighted by molar-refractivity contribution is -0.114. The summed E-state index contributed by atoms with van der Waals surface area (Å²) in [6.07, 6.45) is 3.13. The summed E-state index contributed by atoms with van der Waals surface area (Å²) in [5.74, 6) is -0.0281. The molecule has 17 heavy (non-hydrogen) atoms. The number of aliphatic hydroxyl groups excluding tert-OH is 1. The molecule has 4 heteroatoms. The Hall–Kier alpha value is -0.900. The molecular weight excluding hydrogens is 221 g/mol. The average Bonchev–Trinajstić information content (AvgIpc) is 2.39. The van der Waals surface area contributed by atoms with Crippen LogP contribution in [0.1, 0.15) is 39.5 Å². The Morgan fingerprint density at radius 3 is 2.82 bits per heavy atom. The summed E-state index contributed by atoms with van der Waals surface area (Å²) in [6, 6.07) is 0. The van der Waals surface area contributed by atoms with Crippen molar-refractivity contribution in [2.45, 2.75) is 51.4 Å². The van der Waals surface area contributed by atoms with Gasteiger partial charge in [-0.25, -0.2) is 4.39 Å². The van der Waals surface area contributed by atoms with Gasteiger partial charge in [0.05, 0.1) is 0 Å². The molecule has 0 bridgehead atoms. The van der Waals surface area contributed by atoms with Gasteiger partial charge in [0.1, 0.15) is 11.9 Å². The third-order valence-corrected chi connectivity index (χ3v) is 4.11. The molecule has 0 aromatic rings. The second kappa shape index (κ2) is 4.41. The summed E-state index contributed by atoms with van der Waals surface area (Å²) in [5.41, 5.74) is -0.461. The number of ketones is 1. The van der Waals surface area contributed by atoms with E-state index in [-0.39, 0.29) is 17.6 Å². The van der Waals surface area contributed by atoms with Crippen LogP contribution in [0.25, 0.3) is 0 Å². The number of hydrogen-bond donors (Lipinski definition) is 2. The molecule has 0 spiro atoms. The molecule has 0 aromatic heterocycles. The van der Waals surface area contributed by atoms with Gasteiger partial charge in [-0.1, -0.05) is 0 Å². The minimum Gasteiger partial charge on any atom is -0.374 e. The van der Waals surface area contributed by atoms with E-state index in [0.717, 1.165) is 0 Å². The molecule has 2 aliphatic rings. The van der Waals surface area contributed by atoms with Crippen molar-refractivity contribution >= 4 is 5.78 Å². The molecule has 96 valence electrons. The van der Waals surface area contributed by atoms with Crippen LogP contribution in [0, 0.1) is 11.8 Å². The predicted octanol–water partition coefficient (Wildman–Crippen LogP) is 1.92. The Morgan fingerprint density at radius 1 is 1.53 bits per heavy atom. The maximum atomic E-state index is 14.0. The number of hydrogen-bond acceptors (Lipinski definition) is 3. The fraction of sp³-hybridized carbons (Fsp3) is 0.769. The van der Waals surface area contributed by atoms with Crippen LogP contribution in [0.2, 0.25) is 0 Å². The fourth-order valence-corrected chi connectivity index (χ4v) is 3.00. The van der Waals surface area contributed by atoms with E-state index in [4.69, 9.17) is 0 Å². The minimum absolute atomic E-state index is 0.00123. The molecule has 2 N–H and O–H groups in total. The first-order chi connectivity index (χ1) is 7.91. The Morgan fingerprint density at radius 2 is 2.18 bits per heavy atom. The molecule has 0 aromatic carbocycles. The standard InChI is InChI=1S/C13H20FNO2/c1-8(16)11-7-15-12(17)10-4-6-13(2,14)5-3-9(10)11/h7,9-10,12,15,17H,3-6H2,1-2H3/t9?,10-,12-,13?/m1/s1. The summed E-state index contributed by atoms with van der Waals surface area (Å²) in [6.45, 7) is 3.14. The Bertz CT molecular complexity index is 351. The van der Waals surface area contributed by atoms with E-state index < -0.39 is 11.9 Å². The highest BCUT2D eigenvalue weighted by atomic mass is 19.1. The van der Waals surface area contributed by atoms with Crippen LogP contribution < -0.4 is 5.32 Å². The lowest BCUT2D eigenvalue weighted by Gasteiger charge is -2.34. The number of rotatable bonds is 1. The van der Waals surface area contributed by atoms with Crippen molar-refractivity contribution < 1.29 is 14.3 Å². The van der Waals surface area contributed by atoms with Gasteiger partial charge in [-0.15, -0.1) is 0 Å². The van der Waals surface area contributed by atoms with Gasteiger partial charge < -0.3 is 10.4 Å². The molecule has 1 saturated carbocycles. The zero-order chi connectivity index (χ0) is 12.6. The summed E-state index contributed by atoms with van der Waals surface area (Å²) in [7, 11) is 0. The molecule has 2 rings (SSSR count). The number of alkyl halides is 1. The van der Waals surface area contributed by atoms with Crippen molar-refractivity contribution in [3.05, 3.63) is 11.8 Å². The van der Waals surface area contributed by atoms with Crippen molar-refractivity contribution in [1.82, 2.24) is 5.32 Å². The van der Waals surface area contributed by atoms with Gasteiger partial charge in [-0.05, 0) is 45.4 Å². The third kappa shape index (κ3) is 2.51. The maximum Gasteiger partial charge on any atom is 0.157 e. The van der Waals surface area contributed by atoms with Gasteiger partial charge in [0.2, 0.25) is 0 Å². The minimum atomic E-state index is -1.17. The van der Waals surface area contributed by atoms with Crippen molar-refractivity contribution in [1.29, 1.82) is 0 Å². The van der Waals surface area contributed by atoms with Crippen LogP contribution in [0.15, 0.2) is 11.8 Å². The number of aliphatic hydroxyl groups is 1. The third-order valence-electron chi connectivity index (χ3n) is 4.11. The zero-order valence-electron chi connectivity index (χ0n) is 10.4. The van der Waals surface area contributed by atoms with Crippen molar-refractivity contribution in [2.75, 3.05) is 0 Å². The molecule has 2 unspecified atom stereocenters. The second-order valence-electron chi connectivity index (χ2n) is 5.53. The molecule has 0 amide bonds. The molecule has 1 fully saturated rings. The molecule has 4 atom stereocenters. The van der Waals surface area contributed by atoms with E-state index in [2.05, 4.69) is 5.32 Å².